The molecule has 25 heavy (non-hydrogen) atoms. The third-order valence-corrected chi connectivity index (χ3v) is 5.45. The Morgan fingerprint density at radius 2 is 1.84 bits per heavy atom. The van der Waals surface area contributed by atoms with E-state index in [1.54, 1.807) is 6.20 Å². The van der Waals surface area contributed by atoms with Crippen LogP contribution in [0.25, 0.3) is 0 Å². The molecule has 1 fully saturated rings. The highest BCUT2D eigenvalue weighted by atomic mass is 16.1. The average molecular weight is 335 g/mol. The van der Waals surface area contributed by atoms with Gasteiger partial charge in [-0.1, -0.05) is 43.5 Å². The van der Waals surface area contributed by atoms with Gasteiger partial charge in [0.15, 0.2) is 0 Å². The Balaban J connectivity index is 1.40. The van der Waals surface area contributed by atoms with Crippen molar-refractivity contribution in [2.45, 2.75) is 45.1 Å². The molecular formula is C21H25N3O. The lowest BCUT2D eigenvalue weighted by Gasteiger charge is -2.29. The van der Waals surface area contributed by atoms with E-state index in [9.17, 15) is 4.79 Å². The number of hydrogen-bond acceptors (Lipinski definition) is 3. The van der Waals surface area contributed by atoms with E-state index in [0.717, 1.165) is 43.9 Å². The molecule has 4 rings (SSSR count). The summed E-state index contributed by atoms with van der Waals surface area (Å²) in [6.45, 7) is 1.88. The number of rotatable bonds is 3. The number of benzene rings is 1. The largest absolute Gasteiger partial charge is 0.352 e. The van der Waals surface area contributed by atoms with Crippen LogP contribution in [0, 0.1) is 5.92 Å². The summed E-state index contributed by atoms with van der Waals surface area (Å²) in [4.78, 5) is 19.2. The van der Waals surface area contributed by atoms with E-state index < -0.39 is 0 Å². The normalized spacial score (nSPS) is 17.8. The molecule has 4 nitrogen and oxygen atoms in total. The summed E-state index contributed by atoms with van der Waals surface area (Å²) in [6.07, 6.45) is 8.49. The lowest BCUT2D eigenvalue weighted by atomic mass is 9.88. The van der Waals surface area contributed by atoms with Crippen LogP contribution in [0.2, 0.25) is 0 Å². The molecule has 0 unspecified atom stereocenters. The first-order valence-corrected chi connectivity index (χ1v) is 9.38. The van der Waals surface area contributed by atoms with Gasteiger partial charge in [0, 0.05) is 19.0 Å². The van der Waals surface area contributed by atoms with E-state index in [-0.39, 0.29) is 11.8 Å². The van der Waals surface area contributed by atoms with Crippen molar-refractivity contribution < 1.29 is 4.79 Å². The first-order valence-electron chi connectivity index (χ1n) is 9.38. The van der Waals surface area contributed by atoms with Crippen molar-refractivity contribution >= 4 is 17.4 Å². The van der Waals surface area contributed by atoms with Gasteiger partial charge in [0.25, 0.3) is 0 Å². The molecule has 130 valence electrons. The molecule has 0 radical (unpaired) electrons. The Morgan fingerprint density at radius 1 is 1.04 bits per heavy atom. The number of aromatic nitrogens is 1. The molecule has 4 heteroatoms. The predicted octanol–water partition coefficient (Wildman–Crippen LogP) is 4.16. The van der Waals surface area contributed by atoms with Crippen LogP contribution < -0.4 is 10.2 Å². The van der Waals surface area contributed by atoms with Gasteiger partial charge in [0.05, 0.1) is 11.9 Å². The highest BCUT2D eigenvalue weighted by Crippen LogP contribution is 2.26. The summed E-state index contributed by atoms with van der Waals surface area (Å²) in [6, 6.07) is 12.6. The van der Waals surface area contributed by atoms with Gasteiger partial charge in [-0.05, 0) is 42.5 Å². The maximum absolute atomic E-state index is 12.3. The number of nitrogens with one attached hydrogen (secondary N) is 1. The Hall–Kier alpha value is -2.36. The first-order chi connectivity index (χ1) is 12.3. The zero-order chi connectivity index (χ0) is 17.1. The molecule has 1 saturated carbocycles. The fraction of sp³-hybridized carbons (Fsp3) is 0.429. The van der Waals surface area contributed by atoms with E-state index in [4.69, 9.17) is 0 Å². The van der Waals surface area contributed by atoms with E-state index in [1.807, 2.05) is 12.1 Å². The minimum absolute atomic E-state index is 0.154. The number of amides is 1. The minimum Gasteiger partial charge on any atom is -0.352 e. The summed E-state index contributed by atoms with van der Waals surface area (Å²) in [5.74, 6) is 1.30. The van der Waals surface area contributed by atoms with Crippen LogP contribution in [-0.2, 0) is 17.8 Å². The van der Waals surface area contributed by atoms with Crippen LogP contribution in [0.5, 0.6) is 0 Å². The molecule has 1 N–H and O–H groups in total. The molecule has 1 aromatic carbocycles. The summed E-state index contributed by atoms with van der Waals surface area (Å²) in [5.41, 5.74) is 3.62. The van der Waals surface area contributed by atoms with Crippen molar-refractivity contribution in [3.8, 4) is 0 Å². The number of nitrogens with zero attached hydrogens (tertiary/aromatic N) is 2. The Kier molecular flexibility index (Phi) is 4.68. The van der Waals surface area contributed by atoms with Crippen molar-refractivity contribution in [2.75, 3.05) is 16.8 Å². The third-order valence-electron chi connectivity index (χ3n) is 5.45. The fourth-order valence-electron chi connectivity index (χ4n) is 3.95. The van der Waals surface area contributed by atoms with Crippen LogP contribution >= 0.6 is 0 Å². The van der Waals surface area contributed by atoms with Gasteiger partial charge in [0.2, 0.25) is 5.91 Å². The first kappa shape index (κ1) is 16.1. The minimum atomic E-state index is 0.154. The summed E-state index contributed by atoms with van der Waals surface area (Å²) < 4.78 is 0. The molecule has 0 saturated heterocycles. The molecule has 1 aromatic heterocycles. The van der Waals surface area contributed by atoms with Crippen LogP contribution in [0.4, 0.5) is 11.5 Å². The number of fused-ring (bicyclic) bond motifs is 1. The molecular weight excluding hydrogens is 310 g/mol. The fourth-order valence-corrected chi connectivity index (χ4v) is 3.95. The lowest BCUT2D eigenvalue weighted by Crippen LogP contribution is -2.31. The van der Waals surface area contributed by atoms with Gasteiger partial charge in [-0.25, -0.2) is 4.98 Å². The van der Waals surface area contributed by atoms with E-state index in [1.165, 1.54) is 30.4 Å². The molecule has 2 aromatic rings. The van der Waals surface area contributed by atoms with Crippen molar-refractivity contribution in [1.82, 2.24) is 4.98 Å². The SMILES string of the molecule is O=C(Nc1ccc(N2CCc3ccccc3C2)nc1)C1CCCCC1. The van der Waals surface area contributed by atoms with Gasteiger partial charge in [-0.3, -0.25) is 4.79 Å². The predicted molar refractivity (Wildman–Crippen MR) is 101 cm³/mol. The van der Waals surface area contributed by atoms with Gasteiger partial charge in [-0.15, -0.1) is 0 Å². The number of carbonyl (C=O) groups is 1. The van der Waals surface area contributed by atoms with Gasteiger partial charge < -0.3 is 10.2 Å². The lowest BCUT2D eigenvalue weighted by molar-refractivity contribution is -0.120. The van der Waals surface area contributed by atoms with Crippen molar-refractivity contribution in [3.05, 3.63) is 53.7 Å². The van der Waals surface area contributed by atoms with Crippen LogP contribution in [0.3, 0.4) is 0 Å². The second-order valence-electron chi connectivity index (χ2n) is 7.17. The monoisotopic (exact) mass is 335 g/mol. The zero-order valence-corrected chi connectivity index (χ0v) is 14.6. The highest BCUT2D eigenvalue weighted by molar-refractivity contribution is 5.92. The molecule has 0 atom stereocenters. The van der Waals surface area contributed by atoms with Gasteiger partial charge in [-0.2, -0.15) is 0 Å². The average Bonchev–Trinajstić information content (AvgIpc) is 2.69. The quantitative estimate of drug-likeness (QED) is 0.916. The van der Waals surface area contributed by atoms with Gasteiger partial charge in [0.1, 0.15) is 5.82 Å². The van der Waals surface area contributed by atoms with E-state index >= 15 is 0 Å². The number of pyridine rings is 1. The van der Waals surface area contributed by atoms with Crippen molar-refractivity contribution in [2.24, 2.45) is 5.92 Å². The van der Waals surface area contributed by atoms with E-state index in [2.05, 4.69) is 39.5 Å². The van der Waals surface area contributed by atoms with Crippen molar-refractivity contribution in [1.29, 1.82) is 0 Å². The summed E-state index contributed by atoms with van der Waals surface area (Å²) >= 11 is 0. The molecule has 2 aliphatic rings. The number of carbonyl (C=O) groups excluding carboxylic acids is 1. The van der Waals surface area contributed by atoms with Gasteiger partial charge >= 0.3 is 0 Å². The standard InChI is InChI=1S/C21H25N3O/c25-21(17-7-2-1-3-8-17)23-19-10-11-20(22-14-19)24-13-12-16-6-4-5-9-18(16)15-24/h4-6,9-11,14,17H,1-3,7-8,12-13,15H2,(H,23,25). The molecule has 0 bridgehead atoms. The highest BCUT2D eigenvalue weighted by Gasteiger charge is 2.21. The second kappa shape index (κ2) is 7.26. The second-order valence-corrected chi connectivity index (χ2v) is 7.17. The topological polar surface area (TPSA) is 45.2 Å². The zero-order valence-electron chi connectivity index (χ0n) is 14.6. The smallest absolute Gasteiger partial charge is 0.227 e. The summed E-state index contributed by atoms with van der Waals surface area (Å²) in [5, 5.41) is 3.04. The molecule has 1 aliphatic carbocycles. The van der Waals surface area contributed by atoms with E-state index in [0.29, 0.717) is 0 Å². The molecule has 1 amide bonds. The third kappa shape index (κ3) is 3.68. The number of anilines is 2. The molecule has 0 spiro atoms. The molecule has 1 aliphatic heterocycles. The Morgan fingerprint density at radius 3 is 2.60 bits per heavy atom. The Labute approximate surface area is 149 Å². The Bertz CT molecular complexity index is 735. The van der Waals surface area contributed by atoms with Crippen LogP contribution in [-0.4, -0.2) is 17.4 Å². The van der Waals surface area contributed by atoms with Crippen LogP contribution in [0.15, 0.2) is 42.6 Å². The maximum Gasteiger partial charge on any atom is 0.227 e. The molecule has 2 heterocycles. The van der Waals surface area contributed by atoms with Crippen LogP contribution in [0.1, 0.15) is 43.2 Å². The van der Waals surface area contributed by atoms with Crippen molar-refractivity contribution in [3.63, 3.8) is 0 Å². The maximum atomic E-state index is 12.3. The summed E-state index contributed by atoms with van der Waals surface area (Å²) in [7, 11) is 0. The number of hydrogen-bond donors (Lipinski definition) is 1.